The van der Waals surface area contributed by atoms with Crippen molar-refractivity contribution in [3.05, 3.63) is 0 Å². The van der Waals surface area contributed by atoms with Crippen LogP contribution in [0.3, 0.4) is 0 Å². The third-order valence-corrected chi connectivity index (χ3v) is 3.65. The van der Waals surface area contributed by atoms with Gasteiger partial charge < -0.3 is 31.5 Å². The molecule has 0 atom stereocenters. The lowest BCUT2D eigenvalue weighted by atomic mass is 10.2. The number of hydrogen-bond donors (Lipinski definition) is 6. The van der Waals surface area contributed by atoms with E-state index in [1.165, 1.54) is 4.90 Å². The van der Waals surface area contributed by atoms with Gasteiger partial charge in [-0.15, -0.1) is 0 Å². The van der Waals surface area contributed by atoms with Crippen LogP contribution in [0.2, 0.25) is 0 Å². The van der Waals surface area contributed by atoms with Gasteiger partial charge in [-0.3, -0.25) is 24.1 Å². The Kier molecular flexibility index (Phi) is 15.5. The Labute approximate surface area is 165 Å². The quantitative estimate of drug-likeness (QED) is 0.149. The lowest BCUT2D eigenvalue weighted by Gasteiger charge is -2.20. The molecule has 0 rings (SSSR count). The first kappa shape index (κ1) is 25.8. The smallest absolute Gasteiger partial charge is 0.234 e. The van der Waals surface area contributed by atoms with Crippen LogP contribution in [0.1, 0.15) is 25.7 Å². The lowest BCUT2D eigenvalue weighted by Crippen LogP contribution is -2.47. The molecule has 0 bridgehead atoms. The standard InChI is InChI=1S/C17H33N5O6/c1-18-14(25)5-3-2-4-6-19-15(26)11-22(12-16(27)20-7-9-23)13-17(28)21-8-10-24/h23-24H,2-13H2,1H3,(H,18,25)(H,19,26)(H,20,27)(H,21,28). The number of aliphatic hydroxyl groups excluding tert-OH is 2. The average Bonchev–Trinajstić information content (AvgIpc) is 2.66. The topological polar surface area (TPSA) is 160 Å². The van der Waals surface area contributed by atoms with E-state index in [2.05, 4.69) is 21.3 Å². The van der Waals surface area contributed by atoms with Crippen molar-refractivity contribution >= 4 is 23.6 Å². The van der Waals surface area contributed by atoms with Crippen molar-refractivity contribution < 1.29 is 29.4 Å². The second-order valence-electron chi connectivity index (χ2n) is 6.13. The number of unbranched alkanes of at least 4 members (excludes halogenated alkanes) is 2. The molecule has 0 aliphatic rings. The summed E-state index contributed by atoms with van der Waals surface area (Å²) in [7, 11) is 1.59. The normalized spacial score (nSPS) is 10.4. The number of nitrogens with one attached hydrogen (secondary N) is 4. The van der Waals surface area contributed by atoms with Crippen LogP contribution in [-0.2, 0) is 19.2 Å². The fraction of sp³-hybridized carbons (Fsp3) is 0.765. The van der Waals surface area contributed by atoms with Gasteiger partial charge in [-0.1, -0.05) is 6.42 Å². The zero-order chi connectivity index (χ0) is 21.2. The highest BCUT2D eigenvalue weighted by Crippen LogP contribution is 1.98. The van der Waals surface area contributed by atoms with E-state index in [1.807, 2.05) is 0 Å². The largest absolute Gasteiger partial charge is 0.395 e. The van der Waals surface area contributed by atoms with E-state index >= 15 is 0 Å². The Morgan fingerprint density at radius 3 is 1.57 bits per heavy atom. The van der Waals surface area contributed by atoms with Crippen molar-refractivity contribution in [2.24, 2.45) is 0 Å². The van der Waals surface area contributed by atoms with E-state index in [-0.39, 0.29) is 57.8 Å². The minimum atomic E-state index is -0.411. The van der Waals surface area contributed by atoms with Gasteiger partial charge in [0.15, 0.2) is 0 Å². The Balaban J connectivity index is 4.30. The number of nitrogens with zero attached hydrogens (tertiary/aromatic N) is 1. The molecule has 11 nitrogen and oxygen atoms in total. The minimum Gasteiger partial charge on any atom is -0.395 e. The summed E-state index contributed by atoms with van der Waals surface area (Å²) in [4.78, 5) is 48.2. The van der Waals surface area contributed by atoms with Crippen molar-refractivity contribution in [3.8, 4) is 0 Å². The van der Waals surface area contributed by atoms with Gasteiger partial charge in [0, 0.05) is 33.1 Å². The zero-order valence-corrected chi connectivity index (χ0v) is 16.5. The molecule has 0 saturated carbocycles. The maximum Gasteiger partial charge on any atom is 0.234 e. The molecule has 28 heavy (non-hydrogen) atoms. The monoisotopic (exact) mass is 403 g/mol. The molecular weight excluding hydrogens is 370 g/mol. The van der Waals surface area contributed by atoms with Gasteiger partial charge in [-0.05, 0) is 12.8 Å². The van der Waals surface area contributed by atoms with Crippen LogP contribution in [-0.4, -0.2) is 98.3 Å². The molecule has 4 amide bonds. The maximum absolute atomic E-state index is 12.1. The van der Waals surface area contributed by atoms with Gasteiger partial charge in [0.25, 0.3) is 0 Å². The van der Waals surface area contributed by atoms with E-state index in [1.54, 1.807) is 7.05 Å². The van der Waals surface area contributed by atoms with Gasteiger partial charge in [-0.2, -0.15) is 0 Å². The van der Waals surface area contributed by atoms with Crippen LogP contribution in [0.5, 0.6) is 0 Å². The summed E-state index contributed by atoms with van der Waals surface area (Å²) in [6, 6.07) is 0. The highest BCUT2D eigenvalue weighted by Gasteiger charge is 2.17. The van der Waals surface area contributed by atoms with E-state index in [0.717, 1.165) is 19.3 Å². The fourth-order valence-corrected chi connectivity index (χ4v) is 2.28. The summed E-state index contributed by atoms with van der Waals surface area (Å²) in [5.41, 5.74) is 0. The number of amides is 4. The first-order valence-corrected chi connectivity index (χ1v) is 9.37. The molecule has 0 aromatic rings. The number of carbonyl (C=O) groups is 4. The Morgan fingerprint density at radius 1 is 0.679 bits per heavy atom. The van der Waals surface area contributed by atoms with E-state index < -0.39 is 11.8 Å². The fourth-order valence-electron chi connectivity index (χ4n) is 2.28. The predicted molar refractivity (Wildman–Crippen MR) is 102 cm³/mol. The van der Waals surface area contributed by atoms with Crippen molar-refractivity contribution in [2.45, 2.75) is 25.7 Å². The minimum absolute atomic E-state index is 0.0152. The summed E-state index contributed by atoms with van der Waals surface area (Å²) < 4.78 is 0. The molecule has 0 aromatic heterocycles. The molecular formula is C17H33N5O6. The SMILES string of the molecule is CNC(=O)CCCCCNC(=O)CN(CC(=O)NCCO)CC(=O)NCCO. The molecule has 0 saturated heterocycles. The van der Waals surface area contributed by atoms with Gasteiger partial charge >= 0.3 is 0 Å². The molecule has 0 aliphatic carbocycles. The number of hydrogen-bond acceptors (Lipinski definition) is 7. The van der Waals surface area contributed by atoms with Gasteiger partial charge in [0.05, 0.1) is 32.8 Å². The van der Waals surface area contributed by atoms with Crippen LogP contribution in [0.4, 0.5) is 0 Å². The highest BCUT2D eigenvalue weighted by atomic mass is 16.3. The van der Waals surface area contributed by atoms with Gasteiger partial charge in [-0.25, -0.2) is 0 Å². The molecule has 11 heteroatoms. The molecule has 0 radical (unpaired) electrons. The van der Waals surface area contributed by atoms with Crippen molar-refractivity contribution in [3.63, 3.8) is 0 Å². The molecule has 6 N–H and O–H groups in total. The Hall–Kier alpha value is -2.24. The molecule has 0 aromatic carbocycles. The van der Waals surface area contributed by atoms with Crippen LogP contribution in [0.15, 0.2) is 0 Å². The summed E-state index contributed by atoms with van der Waals surface area (Å²) >= 11 is 0. The zero-order valence-electron chi connectivity index (χ0n) is 16.5. The summed E-state index contributed by atoms with van der Waals surface area (Å²) in [6.45, 7) is -0.285. The maximum atomic E-state index is 12.1. The molecule has 0 fully saturated rings. The molecule has 162 valence electrons. The number of carbonyl (C=O) groups excluding carboxylic acids is 4. The molecule has 0 spiro atoms. The Morgan fingerprint density at radius 2 is 1.14 bits per heavy atom. The van der Waals surface area contributed by atoms with Crippen molar-refractivity contribution in [2.75, 3.05) is 59.5 Å². The second-order valence-corrected chi connectivity index (χ2v) is 6.13. The first-order chi connectivity index (χ1) is 13.4. The van der Waals surface area contributed by atoms with Crippen molar-refractivity contribution in [1.82, 2.24) is 26.2 Å². The number of rotatable bonds is 16. The van der Waals surface area contributed by atoms with E-state index in [0.29, 0.717) is 13.0 Å². The molecule has 0 unspecified atom stereocenters. The van der Waals surface area contributed by atoms with Crippen LogP contribution in [0.25, 0.3) is 0 Å². The third-order valence-electron chi connectivity index (χ3n) is 3.65. The number of aliphatic hydroxyl groups is 2. The molecule has 0 aliphatic heterocycles. The summed E-state index contributed by atoms with van der Waals surface area (Å²) in [6.07, 6.45) is 2.70. The molecule has 0 heterocycles. The predicted octanol–water partition coefficient (Wildman–Crippen LogP) is -3.07. The van der Waals surface area contributed by atoms with E-state index in [4.69, 9.17) is 10.2 Å². The average molecular weight is 403 g/mol. The first-order valence-electron chi connectivity index (χ1n) is 9.37. The van der Waals surface area contributed by atoms with Gasteiger partial charge in [0.1, 0.15) is 0 Å². The highest BCUT2D eigenvalue weighted by molar-refractivity contribution is 5.84. The second kappa shape index (κ2) is 16.9. The summed E-state index contributed by atoms with van der Waals surface area (Å²) in [5, 5.41) is 27.7. The van der Waals surface area contributed by atoms with Crippen molar-refractivity contribution in [1.29, 1.82) is 0 Å². The summed E-state index contributed by atoms with van der Waals surface area (Å²) in [5.74, 6) is -1.16. The van der Waals surface area contributed by atoms with Crippen LogP contribution < -0.4 is 21.3 Å². The lowest BCUT2D eigenvalue weighted by molar-refractivity contribution is -0.128. The third kappa shape index (κ3) is 14.9. The van der Waals surface area contributed by atoms with Crippen LogP contribution >= 0.6 is 0 Å². The van der Waals surface area contributed by atoms with Gasteiger partial charge in [0.2, 0.25) is 23.6 Å². The van der Waals surface area contributed by atoms with E-state index in [9.17, 15) is 19.2 Å². The van der Waals surface area contributed by atoms with Crippen LogP contribution in [0, 0.1) is 0 Å². The Bertz CT molecular complexity index is 467.